The van der Waals surface area contributed by atoms with E-state index in [0.717, 1.165) is 17.8 Å². The first-order valence-electron chi connectivity index (χ1n) is 6.16. The van der Waals surface area contributed by atoms with Crippen molar-refractivity contribution in [3.63, 3.8) is 0 Å². The van der Waals surface area contributed by atoms with Gasteiger partial charge >= 0.3 is 0 Å². The summed E-state index contributed by atoms with van der Waals surface area (Å²) in [5.41, 5.74) is 1.80. The van der Waals surface area contributed by atoms with Gasteiger partial charge in [0.05, 0.1) is 23.0 Å². The number of hydrogen-bond donors (Lipinski definition) is 2. The average molecular weight is 273 g/mol. The SMILES string of the molecule is CCc1nn(C)c(CNCC(=O)NC(C)C)c1Cl. The molecule has 0 bridgehead atoms. The van der Waals surface area contributed by atoms with Crippen molar-refractivity contribution in [2.45, 2.75) is 39.8 Å². The minimum Gasteiger partial charge on any atom is -0.353 e. The second kappa shape index (κ2) is 6.75. The zero-order valence-corrected chi connectivity index (χ0v) is 12.1. The van der Waals surface area contributed by atoms with Crippen molar-refractivity contribution in [2.24, 2.45) is 7.05 Å². The molecule has 0 aromatic carbocycles. The molecule has 0 radical (unpaired) electrons. The first-order valence-corrected chi connectivity index (χ1v) is 6.53. The quantitative estimate of drug-likeness (QED) is 0.819. The number of halogens is 1. The van der Waals surface area contributed by atoms with E-state index < -0.39 is 0 Å². The number of carbonyl (C=O) groups is 1. The predicted octanol–water partition coefficient (Wildman–Crippen LogP) is 1.25. The third kappa shape index (κ3) is 3.99. The Labute approximate surface area is 113 Å². The molecule has 0 aliphatic heterocycles. The molecule has 0 saturated carbocycles. The van der Waals surface area contributed by atoms with E-state index in [1.165, 1.54) is 0 Å². The van der Waals surface area contributed by atoms with Crippen LogP contribution in [0, 0.1) is 0 Å². The molecule has 5 nitrogen and oxygen atoms in total. The van der Waals surface area contributed by atoms with Gasteiger partial charge in [0.1, 0.15) is 0 Å². The standard InChI is InChI=1S/C12H21ClN4O/c1-5-9-12(13)10(17(4)16-9)6-14-7-11(18)15-8(2)3/h8,14H,5-7H2,1-4H3,(H,15,18). The van der Waals surface area contributed by atoms with Gasteiger partial charge in [-0.15, -0.1) is 0 Å². The number of aryl methyl sites for hydroxylation is 2. The molecule has 0 aliphatic rings. The van der Waals surface area contributed by atoms with Crippen LogP contribution in [0.4, 0.5) is 0 Å². The number of aromatic nitrogens is 2. The topological polar surface area (TPSA) is 59.0 Å². The fraction of sp³-hybridized carbons (Fsp3) is 0.667. The van der Waals surface area contributed by atoms with Gasteiger partial charge in [-0.05, 0) is 20.3 Å². The molecule has 0 spiro atoms. The smallest absolute Gasteiger partial charge is 0.234 e. The van der Waals surface area contributed by atoms with Gasteiger partial charge in [-0.25, -0.2) is 0 Å². The van der Waals surface area contributed by atoms with Crippen molar-refractivity contribution < 1.29 is 4.79 Å². The lowest BCUT2D eigenvalue weighted by atomic mass is 10.3. The maximum Gasteiger partial charge on any atom is 0.234 e. The maximum atomic E-state index is 11.4. The molecule has 1 heterocycles. The molecule has 0 fully saturated rings. The van der Waals surface area contributed by atoms with E-state index >= 15 is 0 Å². The predicted molar refractivity (Wildman–Crippen MR) is 72.6 cm³/mol. The summed E-state index contributed by atoms with van der Waals surface area (Å²) in [5, 5.41) is 10.9. The van der Waals surface area contributed by atoms with E-state index in [2.05, 4.69) is 15.7 Å². The first kappa shape index (κ1) is 15.0. The molecule has 18 heavy (non-hydrogen) atoms. The van der Waals surface area contributed by atoms with E-state index in [1.807, 2.05) is 27.8 Å². The lowest BCUT2D eigenvalue weighted by molar-refractivity contribution is -0.120. The number of hydrogen-bond acceptors (Lipinski definition) is 3. The summed E-state index contributed by atoms with van der Waals surface area (Å²) in [5.74, 6) is -0.0148. The van der Waals surface area contributed by atoms with Gasteiger partial charge in [-0.3, -0.25) is 9.48 Å². The molecular formula is C12H21ClN4O. The summed E-state index contributed by atoms with van der Waals surface area (Å²) in [6.07, 6.45) is 0.806. The van der Waals surface area contributed by atoms with E-state index in [1.54, 1.807) is 4.68 Å². The van der Waals surface area contributed by atoms with E-state index in [-0.39, 0.29) is 18.5 Å². The van der Waals surface area contributed by atoms with Crippen molar-refractivity contribution >= 4 is 17.5 Å². The monoisotopic (exact) mass is 272 g/mol. The van der Waals surface area contributed by atoms with Crippen LogP contribution in [0.3, 0.4) is 0 Å². The number of rotatable bonds is 6. The second-order valence-corrected chi connectivity index (χ2v) is 4.89. The fourth-order valence-corrected chi connectivity index (χ4v) is 2.04. The molecule has 6 heteroatoms. The molecule has 1 aromatic rings. The summed E-state index contributed by atoms with van der Waals surface area (Å²) in [6, 6.07) is 0.159. The largest absolute Gasteiger partial charge is 0.353 e. The molecule has 0 unspecified atom stereocenters. The van der Waals surface area contributed by atoms with Crippen molar-refractivity contribution in [2.75, 3.05) is 6.54 Å². The van der Waals surface area contributed by atoms with Crippen LogP contribution in [0.15, 0.2) is 0 Å². The summed E-state index contributed by atoms with van der Waals surface area (Å²) in [7, 11) is 1.86. The van der Waals surface area contributed by atoms with Gasteiger partial charge in [0, 0.05) is 19.6 Å². The van der Waals surface area contributed by atoms with Gasteiger partial charge in [0.2, 0.25) is 5.91 Å². The van der Waals surface area contributed by atoms with Gasteiger partial charge in [0.25, 0.3) is 0 Å². The zero-order chi connectivity index (χ0) is 13.7. The Morgan fingerprint density at radius 3 is 2.67 bits per heavy atom. The normalized spacial score (nSPS) is 11.0. The van der Waals surface area contributed by atoms with Crippen LogP contribution >= 0.6 is 11.6 Å². The highest BCUT2D eigenvalue weighted by Gasteiger charge is 2.12. The molecule has 0 atom stereocenters. The highest BCUT2D eigenvalue weighted by atomic mass is 35.5. The Morgan fingerprint density at radius 1 is 1.50 bits per heavy atom. The Kier molecular flexibility index (Phi) is 5.62. The highest BCUT2D eigenvalue weighted by Crippen LogP contribution is 2.20. The van der Waals surface area contributed by atoms with Gasteiger partial charge in [-0.2, -0.15) is 5.10 Å². The lowest BCUT2D eigenvalue weighted by Crippen LogP contribution is -2.37. The minimum absolute atomic E-state index is 0.0148. The van der Waals surface area contributed by atoms with Crippen LogP contribution in [0.2, 0.25) is 5.02 Å². The molecular weight excluding hydrogens is 252 g/mol. The van der Waals surface area contributed by atoms with Crippen LogP contribution in [-0.4, -0.2) is 28.3 Å². The highest BCUT2D eigenvalue weighted by molar-refractivity contribution is 6.31. The molecule has 0 saturated heterocycles. The summed E-state index contributed by atoms with van der Waals surface area (Å²) < 4.78 is 1.76. The Balaban J connectivity index is 2.49. The summed E-state index contributed by atoms with van der Waals surface area (Å²) in [4.78, 5) is 11.4. The summed E-state index contributed by atoms with van der Waals surface area (Å²) in [6.45, 7) is 6.70. The number of nitrogens with one attached hydrogen (secondary N) is 2. The third-order valence-corrected chi connectivity index (χ3v) is 2.97. The van der Waals surface area contributed by atoms with E-state index in [9.17, 15) is 4.79 Å². The van der Waals surface area contributed by atoms with Crippen LogP contribution in [0.1, 0.15) is 32.2 Å². The molecule has 1 amide bonds. The molecule has 1 rings (SSSR count). The molecule has 2 N–H and O–H groups in total. The van der Waals surface area contributed by atoms with E-state index in [4.69, 9.17) is 11.6 Å². The van der Waals surface area contributed by atoms with Crippen molar-refractivity contribution in [1.82, 2.24) is 20.4 Å². The number of nitrogens with zero attached hydrogens (tertiary/aromatic N) is 2. The molecule has 1 aromatic heterocycles. The Morgan fingerprint density at radius 2 is 2.17 bits per heavy atom. The first-order chi connectivity index (χ1) is 8.45. The molecule has 0 aliphatic carbocycles. The van der Waals surface area contributed by atoms with Gasteiger partial charge in [-0.1, -0.05) is 18.5 Å². The Hall–Kier alpha value is -1.07. The Bertz CT molecular complexity index is 414. The minimum atomic E-state index is -0.0148. The van der Waals surface area contributed by atoms with Crippen LogP contribution in [-0.2, 0) is 24.8 Å². The van der Waals surface area contributed by atoms with Crippen LogP contribution in [0.5, 0.6) is 0 Å². The van der Waals surface area contributed by atoms with Gasteiger partial charge < -0.3 is 10.6 Å². The lowest BCUT2D eigenvalue weighted by Gasteiger charge is -2.09. The summed E-state index contributed by atoms with van der Waals surface area (Å²) >= 11 is 6.21. The molecule has 102 valence electrons. The average Bonchev–Trinajstić information content (AvgIpc) is 2.55. The fourth-order valence-electron chi connectivity index (χ4n) is 1.68. The van der Waals surface area contributed by atoms with Crippen molar-refractivity contribution in [3.05, 3.63) is 16.4 Å². The number of carbonyl (C=O) groups excluding carboxylic acids is 1. The zero-order valence-electron chi connectivity index (χ0n) is 11.4. The third-order valence-electron chi connectivity index (χ3n) is 2.53. The van der Waals surface area contributed by atoms with Crippen LogP contribution < -0.4 is 10.6 Å². The maximum absolute atomic E-state index is 11.4. The van der Waals surface area contributed by atoms with Crippen molar-refractivity contribution in [3.8, 4) is 0 Å². The van der Waals surface area contributed by atoms with Crippen molar-refractivity contribution in [1.29, 1.82) is 0 Å². The van der Waals surface area contributed by atoms with E-state index in [0.29, 0.717) is 11.6 Å². The number of amides is 1. The van der Waals surface area contributed by atoms with Gasteiger partial charge in [0.15, 0.2) is 0 Å². The second-order valence-electron chi connectivity index (χ2n) is 4.51. The van der Waals surface area contributed by atoms with Crippen LogP contribution in [0.25, 0.3) is 0 Å².